The lowest BCUT2D eigenvalue weighted by atomic mass is 10.1. The summed E-state index contributed by atoms with van der Waals surface area (Å²) in [5, 5.41) is 6.50. The number of anilines is 1. The van der Waals surface area contributed by atoms with E-state index in [9.17, 15) is 4.79 Å². The van der Waals surface area contributed by atoms with Gasteiger partial charge in [-0.15, -0.1) is 0 Å². The molecule has 1 aromatic carbocycles. The largest absolute Gasteiger partial charge is 0.423 e. The highest BCUT2D eigenvalue weighted by Crippen LogP contribution is 2.24. The number of aldehydes is 1. The van der Waals surface area contributed by atoms with Crippen molar-refractivity contribution >= 4 is 23.4 Å². The minimum Gasteiger partial charge on any atom is -0.423 e. The average Bonchev–Trinajstić information content (AvgIpc) is 3.28. The van der Waals surface area contributed by atoms with Crippen molar-refractivity contribution < 1.29 is 13.9 Å². The molecule has 1 fully saturated rings. The number of nitrogens with one attached hydrogen (secondary N) is 2. The summed E-state index contributed by atoms with van der Waals surface area (Å²) in [4.78, 5) is 18.9. The number of morpholine rings is 1. The number of carbonyl (C=O) groups excluding carboxylic acids is 1. The number of carbonyl (C=O) groups is 1. The standard InChI is InChI=1S/C12H12N2O3.C8H20N2.C4H7N/c15-8-9-2-1-3-10-11(9)13-12(17-10)14-4-6-16-7-5-14;1-5-8(10-4)6-7(2)9-3;1-4-5(2)3/h1-3,8H,4-7H2;7-10H,5-6H2,1-4H3;1H,2-3H3. The molecule has 0 aliphatic carbocycles. The number of aromatic nitrogens is 1. The Kier molecular flexibility index (Phi) is 13.1. The molecule has 2 N–H and O–H groups in total. The van der Waals surface area contributed by atoms with Gasteiger partial charge in [0, 0.05) is 50.9 Å². The van der Waals surface area contributed by atoms with Gasteiger partial charge in [-0.2, -0.15) is 4.98 Å². The van der Waals surface area contributed by atoms with Crippen LogP contribution in [0, 0.1) is 12.5 Å². The maximum absolute atomic E-state index is 10.9. The quantitative estimate of drug-likeness (QED) is 0.382. The number of ether oxygens (including phenoxy) is 1. The van der Waals surface area contributed by atoms with Gasteiger partial charge in [-0.05, 0) is 46.0 Å². The molecular weight excluding hydrogens is 406 g/mol. The molecule has 2 heterocycles. The topological polar surface area (TPSA) is 82.9 Å². The summed E-state index contributed by atoms with van der Waals surface area (Å²) in [6.45, 7) is 7.31. The monoisotopic (exact) mass is 445 g/mol. The van der Waals surface area contributed by atoms with Crippen molar-refractivity contribution in [1.82, 2.24) is 20.5 Å². The van der Waals surface area contributed by atoms with E-state index in [1.807, 2.05) is 39.2 Å². The van der Waals surface area contributed by atoms with Gasteiger partial charge in [0.1, 0.15) is 5.52 Å². The summed E-state index contributed by atoms with van der Waals surface area (Å²) in [5.41, 5.74) is 1.84. The van der Waals surface area contributed by atoms with E-state index in [0.717, 1.165) is 19.4 Å². The van der Waals surface area contributed by atoms with Gasteiger partial charge >= 0.3 is 0 Å². The normalized spacial score (nSPS) is 14.8. The van der Waals surface area contributed by atoms with Gasteiger partial charge in [-0.1, -0.05) is 19.4 Å². The molecular formula is C24H39N5O3. The highest BCUT2D eigenvalue weighted by molar-refractivity contribution is 5.93. The van der Waals surface area contributed by atoms with Crippen LogP contribution in [0.2, 0.25) is 0 Å². The molecule has 0 radical (unpaired) electrons. The molecule has 2 aromatic rings. The molecule has 1 aromatic heterocycles. The second-order valence-corrected chi connectivity index (χ2v) is 7.75. The Bertz CT molecular complexity index is 821. The van der Waals surface area contributed by atoms with Crippen molar-refractivity contribution in [1.29, 1.82) is 0 Å². The van der Waals surface area contributed by atoms with Gasteiger partial charge < -0.3 is 29.6 Å². The summed E-state index contributed by atoms with van der Waals surface area (Å²) in [6.07, 6.45) is 8.07. The third-order valence-corrected chi connectivity index (χ3v) is 5.14. The maximum atomic E-state index is 10.9. The third-order valence-electron chi connectivity index (χ3n) is 5.14. The van der Waals surface area contributed by atoms with E-state index in [4.69, 9.17) is 15.6 Å². The number of rotatable bonds is 7. The van der Waals surface area contributed by atoms with Gasteiger partial charge in [0.15, 0.2) is 11.9 Å². The lowest BCUT2D eigenvalue weighted by Gasteiger charge is -2.24. The first-order chi connectivity index (χ1) is 15.4. The number of terminal acetylenes is 1. The molecule has 8 nitrogen and oxygen atoms in total. The van der Waals surface area contributed by atoms with Crippen LogP contribution in [0.15, 0.2) is 22.6 Å². The minimum absolute atomic E-state index is 0.561. The lowest BCUT2D eigenvalue weighted by molar-refractivity contribution is 0.112. The number of fused-ring (bicyclic) bond motifs is 1. The number of para-hydroxylation sites is 1. The van der Waals surface area contributed by atoms with E-state index >= 15 is 0 Å². The molecule has 3 rings (SSSR count). The van der Waals surface area contributed by atoms with Crippen LogP contribution in [-0.4, -0.2) is 82.7 Å². The third kappa shape index (κ3) is 9.27. The second-order valence-electron chi connectivity index (χ2n) is 7.75. The molecule has 32 heavy (non-hydrogen) atoms. The van der Waals surface area contributed by atoms with Crippen molar-refractivity contribution in [3.05, 3.63) is 23.8 Å². The first kappa shape index (κ1) is 27.4. The second kappa shape index (κ2) is 15.2. The average molecular weight is 446 g/mol. The van der Waals surface area contributed by atoms with E-state index < -0.39 is 0 Å². The molecule has 0 saturated carbocycles. The lowest BCUT2D eigenvalue weighted by Crippen LogP contribution is -2.36. The van der Waals surface area contributed by atoms with Crippen LogP contribution >= 0.6 is 0 Å². The van der Waals surface area contributed by atoms with Crippen molar-refractivity contribution in [2.24, 2.45) is 0 Å². The van der Waals surface area contributed by atoms with Crippen molar-refractivity contribution in [2.45, 2.75) is 38.8 Å². The summed E-state index contributed by atoms with van der Waals surface area (Å²) in [6, 6.07) is 9.57. The van der Waals surface area contributed by atoms with E-state index in [1.165, 1.54) is 12.8 Å². The summed E-state index contributed by atoms with van der Waals surface area (Å²) >= 11 is 0. The van der Waals surface area contributed by atoms with E-state index in [2.05, 4.69) is 35.5 Å². The predicted molar refractivity (Wildman–Crippen MR) is 131 cm³/mol. The Labute approximate surface area is 192 Å². The Balaban J connectivity index is 0.000000292. The smallest absolute Gasteiger partial charge is 0.298 e. The molecule has 0 bridgehead atoms. The zero-order valence-corrected chi connectivity index (χ0v) is 20.4. The van der Waals surface area contributed by atoms with Crippen LogP contribution in [0.4, 0.5) is 6.01 Å². The molecule has 2 atom stereocenters. The zero-order chi connectivity index (χ0) is 23.9. The van der Waals surface area contributed by atoms with Crippen molar-refractivity contribution in [3.8, 4) is 12.5 Å². The minimum atomic E-state index is 0.561. The van der Waals surface area contributed by atoms with E-state index in [-0.39, 0.29) is 0 Å². The Hall–Kier alpha value is -2.60. The SMILES string of the molecule is C#CN(C)C.CCC(CC(C)NC)NC.O=Cc1cccc2oc(N3CCOCC3)nc12. The van der Waals surface area contributed by atoms with Crippen LogP contribution in [0.5, 0.6) is 0 Å². The van der Waals surface area contributed by atoms with Gasteiger partial charge in [-0.3, -0.25) is 4.79 Å². The van der Waals surface area contributed by atoms with Crippen LogP contribution in [0.3, 0.4) is 0 Å². The molecule has 0 amide bonds. The van der Waals surface area contributed by atoms with Gasteiger partial charge in [-0.25, -0.2) is 0 Å². The van der Waals surface area contributed by atoms with Crippen LogP contribution in [0.1, 0.15) is 37.0 Å². The van der Waals surface area contributed by atoms with Crippen molar-refractivity contribution in [3.63, 3.8) is 0 Å². The molecule has 2 unspecified atom stereocenters. The number of hydrogen-bond acceptors (Lipinski definition) is 8. The van der Waals surface area contributed by atoms with Crippen LogP contribution in [-0.2, 0) is 4.74 Å². The van der Waals surface area contributed by atoms with Gasteiger partial charge in [0.2, 0.25) is 0 Å². The fraction of sp³-hybridized carbons (Fsp3) is 0.583. The summed E-state index contributed by atoms with van der Waals surface area (Å²) in [5.74, 6) is 0. The molecule has 178 valence electrons. The van der Waals surface area contributed by atoms with Gasteiger partial charge in [0.25, 0.3) is 6.01 Å². The van der Waals surface area contributed by atoms with Gasteiger partial charge in [0.05, 0.1) is 13.2 Å². The van der Waals surface area contributed by atoms with Crippen molar-refractivity contribution in [2.75, 3.05) is 59.4 Å². The molecule has 1 aliphatic rings. The number of benzene rings is 1. The molecule has 1 aliphatic heterocycles. The Morgan fingerprint density at radius 3 is 2.44 bits per heavy atom. The molecule has 8 heteroatoms. The number of oxazole rings is 1. The fourth-order valence-corrected chi connectivity index (χ4v) is 2.98. The zero-order valence-electron chi connectivity index (χ0n) is 20.4. The molecule has 1 saturated heterocycles. The maximum Gasteiger partial charge on any atom is 0.298 e. The summed E-state index contributed by atoms with van der Waals surface area (Å²) in [7, 11) is 7.67. The van der Waals surface area contributed by atoms with Crippen LogP contribution < -0.4 is 15.5 Å². The van der Waals surface area contributed by atoms with Crippen LogP contribution in [0.25, 0.3) is 11.1 Å². The Morgan fingerprint density at radius 2 is 1.94 bits per heavy atom. The summed E-state index contributed by atoms with van der Waals surface area (Å²) < 4.78 is 10.9. The predicted octanol–water partition coefficient (Wildman–Crippen LogP) is 2.60. The first-order valence-electron chi connectivity index (χ1n) is 11.1. The fourth-order valence-electron chi connectivity index (χ4n) is 2.98. The first-order valence-corrected chi connectivity index (χ1v) is 11.1. The Morgan fingerprint density at radius 1 is 1.28 bits per heavy atom. The number of hydrogen-bond donors (Lipinski definition) is 2. The molecule has 0 spiro atoms. The number of nitrogens with zero attached hydrogens (tertiary/aromatic N) is 3. The highest BCUT2D eigenvalue weighted by atomic mass is 16.5. The van der Waals surface area contributed by atoms with E-state index in [0.29, 0.717) is 48.0 Å². The highest BCUT2D eigenvalue weighted by Gasteiger charge is 2.18. The van der Waals surface area contributed by atoms with E-state index in [1.54, 1.807) is 17.0 Å².